The lowest BCUT2D eigenvalue weighted by molar-refractivity contribution is 0.149. The van der Waals surface area contributed by atoms with Crippen LogP contribution in [-0.2, 0) is 14.9 Å². The van der Waals surface area contributed by atoms with Crippen molar-refractivity contribution in [2.75, 3.05) is 13.2 Å². The van der Waals surface area contributed by atoms with E-state index in [1.54, 1.807) is 6.92 Å². The molecular weight excluding hydrogens is 675 g/mol. The Morgan fingerprint density at radius 1 is 1.07 bits per heavy atom. The van der Waals surface area contributed by atoms with Gasteiger partial charge in [-0.2, -0.15) is 13.1 Å². The second-order valence-electron chi connectivity index (χ2n) is 10.2. The number of ether oxygens (including phenoxy) is 1. The Bertz CT molecular complexity index is 2020. The highest BCUT2D eigenvalue weighted by atomic mass is 79.9. The third-order valence-corrected chi connectivity index (χ3v) is 9.02. The molecule has 0 saturated heterocycles. The summed E-state index contributed by atoms with van der Waals surface area (Å²) in [6.07, 6.45) is -0.923. The number of benzene rings is 3. The first-order valence-electron chi connectivity index (χ1n) is 13.6. The summed E-state index contributed by atoms with van der Waals surface area (Å²) in [7, 11) is -4.26. The van der Waals surface area contributed by atoms with Crippen LogP contribution in [-0.4, -0.2) is 47.7 Å². The zero-order chi connectivity index (χ0) is 31.7. The first-order valence-corrected chi connectivity index (χ1v) is 15.9. The first kappa shape index (κ1) is 30.4. The van der Waals surface area contributed by atoms with E-state index in [0.29, 0.717) is 0 Å². The fraction of sp³-hybridized carbons (Fsp3) is 0.207. The molecule has 1 aliphatic carbocycles. The van der Waals surface area contributed by atoms with Crippen LogP contribution >= 0.6 is 15.9 Å². The van der Waals surface area contributed by atoms with E-state index in [0.717, 1.165) is 32.9 Å². The molecule has 13 nitrogen and oxygen atoms in total. The van der Waals surface area contributed by atoms with E-state index < -0.39 is 33.8 Å². The predicted molar refractivity (Wildman–Crippen MR) is 161 cm³/mol. The van der Waals surface area contributed by atoms with Crippen LogP contribution in [0.3, 0.4) is 0 Å². The summed E-state index contributed by atoms with van der Waals surface area (Å²) in [4.78, 5) is 24.9. The molecule has 0 bridgehead atoms. The van der Waals surface area contributed by atoms with Gasteiger partial charge in [-0.05, 0) is 68.0 Å². The Balaban J connectivity index is 1.06. The van der Waals surface area contributed by atoms with Gasteiger partial charge in [0.05, 0.1) is 10.2 Å². The third-order valence-electron chi connectivity index (χ3n) is 7.39. The summed E-state index contributed by atoms with van der Waals surface area (Å²) in [6, 6.07) is 19.5. The number of nitrogens with zero attached hydrogens (tertiary/aromatic N) is 4. The van der Waals surface area contributed by atoms with E-state index >= 15 is 0 Å². The van der Waals surface area contributed by atoms with E-state index in [4.69, 9.17) is 13.9 Å². The maximum Gasteiger partial charge on any atom is 0.446 e. The van der Waals surface area contributed by atoms with Crippen molar-refractivity contribution in [2.24, 2.45) is 0 Å². The van der Waals surface area contributed by atoms with Crippen molar-refractivity contribution in [2.45, 2.75) is 25.2 Å². The van der Waals surface area contributed by atoms with E-state index in [1.807, 2.05) is 53.3 Å². The van der Waals surface area contributed by atoms with E-state index in [9.17, 15) is 22.4 Å². The third kappa shape index (κ3) is 6.16. The van der Waals surface area contributed by atoms with Gasteiger partial charge in [-0.1, -0.05) is 65.8 Å². The monoisotopic (exact) mass is 698 g/mol. The highest BCUT2D eigenvalue weighted by Crippen LogP contribution is 2.44. The number of halogens is 2. The molecular formula is C29H24BrFN6O7S. The van der Waals surface area contributed by atoms with Crippen molar-refractivity contribution in [1.29, 1.82) is 0 Å². The van der Waals surface area contributed by atoms with Crippen LogP contribution in [0, 0.1) is 5.82 Å². The van der Waals surface area contributed by atoms with Gasteiger partial charge in [0, 0.05) is 18.4 Å². The average Bonchev–Trinajstić information content (AvgIpc) is 3.73. The molecule has 1 amide bonds. The Labute approximate surface area is 263 Å². The fourth-order valence-electron chi connectivity index (χ4n) is 5.25. The predicted octanol–water partition coefficient (Wildman–Crippen LogP) is 4.64. The van der Waals surface area contributed by atoms with Crippen LogP contribution in [0.4, 0.5) is 9.18 Å². The van der Waals surface area contributed by atoms with Crippen molar-refractivity contribution in [3.63, 3.8) is 0 Å². The van der Waals surface area contributed by atoms with Crippen molar-refractivity contribution in [3.05, 3.63) is 104 Å². The van der Waals surface area contributed by atoms with Gasteiger partial charge in [0.2, 0.25) is 5.82 Å². The quantitative estimate of drug-likeness (QED) is 0.209. The summed E-state index contributed by atoms with van der Waals surface area (Å²) >= 11 is 3.08. The zero-order valence-corrected chi connectivity index (χ0v) is 25.8. The van der Waals surface area contributed by atoms with Crippen LogP contribution in [0.15, 0.2) is 85.1 Å². The van der Waals surface area contributed by atoms with Crippen LogP contribution in [0.1, 0.15) is 42.0 Å². The van der Waals surface area contributed by atoms with Gasteiger partial charge in [0.1, 0.15) is 18.1 Å². The molecule has 0 fully saturated rings. The number of carbonyl (C=O) groups excluding carboxylic acids is 1. The summed E-state index contributed by atoms with van der Waals surface area (Å²) < 4.78 is 59.3. The van der Waals surface area contributed by atoms with Gasteiger partial charge in [-0.25, -0.2) is 27.9 Å². The van der Waals surface area contributed by atoms with Gasteiger partial charge in [0.15, 0.2) is 5.69 Å². The molecule has 232 valence electrons. The lowest BCUT2D eigenvalue weighted by Crippen LogP contribution is -2.41. The molecule has 1 unspecified atom stereocenters. The lowest BCUT2D eigenvalue weighted by Gasteiger charge is -2.15. The topological polar surface area (TPSA) is 171 Å². The summed E-state index contributed by atoms with van der Waals surface area (Å²) in [5, 5.41) is 11.5. The molecule has 6 rings (SSSR count). The van der Waals surface area contributed by atoms with Crippen LogP contribution in [0.25, 0.3) is 28.3 Å². The second kappa shape index (κ2) is 12.4. The van der Waals surface area contributed by atoms with E-state index in [-0.39, 0.29) is 52.9 Å². The minimum absolute atomic E-state index is 0.0425. The number of hydrogen-bond donors (Lipinski definition) is 2. The van der Waals surface area contributed by atoms with E-state index in [2.05, 4.69) is 36.1 Å². The molecule has 1 aliphatic rings. The summed E-state index contributed by atoms with van der Waals surface area (Å²) in [5.74, 6) is -2.10. The number of nitrogens with one attached hydrogen (secondary N) is 2. The van der Waals surface area contributed by atoms with Crippen molar-refractivity contribution >= 4 is 32.2 Å². The molecule has 0 saturated carbocycles. The summed E-state index contributed by atoms with van der Waals surface area (Å²) in [5.41, 5.74) is 4.68. The standard InChI is InChI=1S/C29H24BrFN6O7S/c1-16(25-26(34-44-33-25)27-35-43-29(39)37(27)17-10-11-24(31)23(30)14-17)12-13-32-45(40,41)36-28(38)42-15-22-20-8-4-2-6-18(20)19-7-3-5-9-21(19)22/h2-11,14,16,22,32H,12-13,15H2,1H3,(H,36,38). The Hall–Kier alpha value is -4.67. The Morgan fingerprint density at radius 2 is 1.76 bits per heavy atom. The number of hydrogen-bond acceptors (Lipinski definition) is 10. The molecule has 5 aromatic rings. The molecule has 0 radical (unpaired) electrons. The fourth-order valence-corrected chi connectivity index (χ4v) is 6.35. The number of aromatic nitrogens is 4. The first-order chi connectivity index (χ1) is 21.6. The van der Waals surface area contributed by atoms with Gasteiger partial charge in [0.25, 0.3) is 0 Å². The SMILES string of the molecule is CC(CCNS(=O)(=O)NC(=O)OCC1c2ccccc2-c2ccccc21)c1nonc1-c1noc(=O)n1-c1ccc(F)c(Br)c1. The second-order valence-corrected chi connectivity index (χ2v) is 12.6. The smallest absolute Gasteiger partial charge is 0.446 e. The van der Waals surface area contributed by atoms with E-state index in [1.165, 1.54) is 12.1 Å². The Morgan fingerprint density at radius 3 is 2.44 bits per heavy atom. The van der Waals surface area contributed by atoms with Gasteiger partial charge in [-0.15, -0.1) is 0 Å². The van der Waals surface area contributed by atoms with Crippen LogP contribution in [0.5, 0.6) is 0 Å². The molecule has 16 heteroatoms. The minimum Gasteiger partial charge on any atom is -0.448 e. The molecule has 1 atom stereocenters. The zero-order valence-electron chi connectivity index (χ0n) is 23.4. The highest BCUT2D eigenvalue weighted by molar-refractivity contribution is 9.10. The largest absolute Gasteiger partial charge is 0.448 e. The Kier molecular flexibility index (Phi) is 8.35. The average molecular weight is 700 g/mol. The molecule has 0 spiro atoms. The number of rotatable bonds is 10. The van der Waals surface area contributed by atoms with Crippen molar-refractivity contribution in [1.82, 2.24) is 29.5 Å². The normalized spacial score (nSPS) is 13.3. The van der Waals surface area contributed by atoms with Crippen LogP contribution < -0.4 is 15.2 Å². The summed E-state index contributed by atoms with van der Waals surface area (Å²) in [6.45, 7) is 1.58. The number of carbonyl (C=O) groups is 1. The highest BCUT2D eigenvalue weighted by Gasteiger charge is 2.30. The molecule has 2 aromatic heterocycles. The van der Waals surface area contributed by atoms with Gasteiger partial charge in [-0.3, -0.25) is 4.52 Å². The molecule has 0 aliphatic heterocycles. The van der Waals surface area contributed by atoms with Crippen molar-refractivity contribution in [3.8, 4) is 28.3 Å². The molecule has 2 N–H and O–H groups in total. The van der Waals surface area contributed by atoms with Crippen LogP contribution in [0.2, 0.25) is 0 Å². The number of amides is 1. The minimum atomic E-state index is -4.26. The van der Waals surface area contributed by atoms with Crippen molar-refractivity contribution < 1.29 is 31.5 Å². The molecule has 3 aromatic carbocycles. The maximum absolute atomic E-state index is 13.8. The van der Waals surface area contributed by atoms with Gasteiger partial charge >= 0.3 is 22.1 Å². The van der Waals surface area contributed by atoms with Gasteiger partial charge < -0.3 is 4.74 Å². The maximum atomic E-state index is 13.8. The number of fused-ring (bicyclic) bond motifs is 3. The lowest BCUT2D eigenvalue weighted by atomic mass is 9.98. The molecule has 2 heterocycles. The molecule has 45 heavy (non-hydrogen) atoms.